The highest BCUT2D eigenvalue weighted by Crippen LogP contribution is 2.39. The second kappa shape index (κ2) is 11.5. The Labute approximate surface area is 198 Å². The molecule has 1 amide bonds. The van der Waals surface area contributed by atoms with Gasteiger partial charge in [0.15, 0.2) is 11.5 Å². The molecule has 0 aromatic heterocycles. The maximum absolute atomic E-state index is 12.5. The first-order chi connectivity index (χ1) is 16.5. The lowest BCUT2D eigenvalue weighted by molar-refractivity contribution is -0.111. The maximum Gasteiger partial charge on any atom is 0.248 e. The largest absolute Gasteiger partial charge is 0.506 e. The van der Waals surface area contributed by atoms with Crippen LogP contribution in [0.2, 0.25) is 0 Å². The molecule has 0 aliphatic rings. The van der Waals surface area contributed by atoms with Gasteiger partial charge in [0.1, 0.15) is 11.5 Å². The Balaban J connectivity index is 1.82. The van der Waals surface area contributed by atoms with E-state index in [0.717, 1.165) is 16.9 Å². The second-order valence-electron chi connectivity index (χ2n) is 7.13. The van der Waals surface area contributed by atoms with Crippen LogP contribution in [0.4, 0.5) is 5.69 Å². The summed E-state index contributed by atoms with van der Waals surface area (Å²) in [6.07, 6.45) is 6.69. The van der Waals surface area contributed by atoms with Crippen molar-refractivity contribution in [2.24, 2.45) is 0 Å². The van der Waals surface area contributed by atoms with Gasteiger partial charge in [0, 0.05) is 11.6 Å². The predicted octanol–water partition coefficient (Wildman–Crippen LogP) is 5.25. The number of carbonyl (C=O) groups excluding carboxylic acids is 1. The van der Waals surface area contributed by atoms with Crippen LogP contribution in [0.15, 0.2) is 60.7 Å². The number of carbonyl (C=O) groups is 1. The van der Waals surface area contributed by atoms with E-state index < -0.39 is 0 Å². The van der Waals surface area contributed by atoms with Crippen LogP contribution in [0, 0.1) is 0 Å². The molecule has 34 heavy (non-hydrogen) atoms. The quantitative estimate of drug-likeness (QED) is 0.257. The van der Waals surface area contributed by atoms with Crippen LogP contribution in [-0.2, 0) is 4.79 Å². The summed E-state index contributed by atoms with van der Waals surface area (Å²) >= 11 is 0. The van der Waals surface area contributed by atoms with Gasteiger partial charge in [-0.3, -0.25) is 4.79 Å². The zero-order chi connectivity index (χ0) is 24.5. The molecule has 0 saturated carbocycles. The standard InChI is InChI=1S/C27H27NO6/c1-31-21-13-9-18(10-14-21)11-15-25(30)28-26-20(6-5-7-22(26)29)12-8-19-16-23(32-2)27(34-4)24(17-19)33-3/h5-17,29H,1-4H3,(H,28,30)/b12-8+,15-11+. The van der Waals surface area contributed by atoms with Gasteiger partial charge in [0.05, 0.1) is 34.1 Å². The molecule has 0 radical (unpaired) electrons. The van der Waals surface area contributed by atoms with E-state index in [0.29, 0.717) is 28.5 Å². The minimum absolute atomic E-state index is 0.0433. The molecule has 2 N–H and O–H groups in total. The Bertz CT molecular complexity index is 1170. The third kappa shape index (κ3) is 5.89. The van der Waals surface area contributed by atoms with E-state index >= 15 is 0 Å². The van der Waals surface area contributed by atoms with Crippen molar-refractivity contribution in [3.63, 3.8) is 0 Å². The summed E-state index contributed by atoms with van der Waals surface area (Å²) in [5.41, 5.74) is 2.56. The van der Waals surface area contributed by atoms with Crippen molar-refractivity contribution in [2.75, 3.05) is 33.8 Å². The molecule has 3 aromatic carbocycles. The number of aromatic hydroxyl groups is 1. The van der Waals surface area contributed by atoms with Crippen LogP contribution in [0.5, 0.6) is 28.7 Å². The van der Waals surface area contributed by atoms with Crippen molar-refractivity contribution >= 4 is 29.8 Å². The van der Waals surface area contributed by atoms with Gasteiger partial charge < -0.3 is 29.4 Å². The zero-order valence-electron chi connectivity index (χ0n) is 19.5. The van der Waals surface area contributed by atoms with E-state index in [2.05, 4.69) is 5.32 Å². The number of anilines is 1. The molecule has 0 aliphatic heterocycles. The van der Waals surface area contributed by atoms with E-state index in [-0.39, 0.29) is 11.7 Å². The van der Waals surface area contributed by atoms with Crippen molar-refractivity contribution < 1.29 is 28.8 Å². The summed E-state index contributed by atoms with van der Waals surface area (Å²) < 4.78 is 21.3. The Hall–Kier alpha value is -4.39. The average molecular weight is 462 g/mol. The molecule has 3 rings (SSSR count). The molecule has 0 unspecified atom stereocenters. The molecular weight excluding hydrogens is 434 g/mol. The van der Waals surface area contributed by atoms with E-state index in [1.165, 1.54) is 12.1 Å². The molecule has 0 atom stereocenters. The van der Waals surface area contributed by atoms with Gasteiger partial charge in [0.25, 0.3) is 0 Å². The maximum atomic E-state index is 12.5. The number of hydrogen-bond donors (Lipinski definition) is 2. The van der Waals surface area contributed by atoms with Crippen molar-refractivity contribution in [3.05, 3.63) is 77.4 Å². The fourth-order valence-corrected chi connectivity index (χ4v) is 3.27. The Kier molecular flexibility index (Phi) is 8.18. The van der Waals surface area contributed by atoms with E-state index in [9.17, 15) is 9.90 Å². The zero-order valence-corrected chi connectivity index (χ0v) is 19.5. The number of phenols is 1. The molecular formula is C27H27NO6. The molecule has 0 bridgehead atoms. The molecule has 0 saturated heterocycles. The topological polar surface area (TPSA) is 86.3 Å². The highest BCUT2D eigenvalue weighted by atomic mass is 16.5. The number of para-hydroxylation sites is 1. The number of nitrogens with one attached hydrogen (secondary N) is 1. The normalized spacial score (nSPS) is 10.9. The molecule has 176 valence electrons. The van der Waals surface area contributed by atoms with Crippen molar-refractivity contribution in [1.29, 1.82) is 0 Å². The summed E-state index contributed by atoms with van der Waals surface area (Å²) in [5.74, 6) is 1.86. The number of benzene rings is 3. The fraction of sp³-hybridized carbons (Fsp3) is 0.148. The van der Waals surface area contributed by atoms with Crippen molar-refractivity contribution in [2.45, 2.75) is 0 Å². The summed E-state index contributed by atoms with van der Waals surface area (Å²) in [6, 6.07) is 15.9. The monoisotopic (exact) mass is 461 g/mol. The van der Waals surface area contributed by atoms with Crippen LogP contribution < -0.4 is 24.3 Å². The van der Waals surface area contributed by atoms with Gasteiger partial charge in [-0.1, -0.05) is 36.4 Å². The Morgan fingerprint density at radius 3 is 2.06 bits per heavy atom. The van der Waals surface area contributed by atoms with Crippen molar-refractivity contribution in [3.8, 4) is 28.7 Å². The highest BCUT2D eigenvalue weighted by molar-refractivity contribution is 6.04. The third-order valence-corrected chi connectivity index (χ3v) is 5.01. The lowest BCUT2D eigenvalue weighted by Crippen LogP contribution is -2.09. The van der Waals surface area contributed by atoms with Gasteiger partial charge in [-0.25, -0.2) is 0 Å². The Morgan fingerprint density at radius 1 is 0.794 bits per heavy atom. The molecule has 0 fully saturated rings. The van der Waals surface area contributed by atoms with E-state index in [4.69, 9.17) is 18.9 Å². The summed E-state index contributed by atoms with van der Waals surface area (Å²) in [6.45, 7) is 0. The van der Waals surface area contributed by atoms with Gasteiger partial charge in [-0.2, -0.15) is 0 Å². The van der Waals surface area contributed by atoms with Crippen molar-refractivity contribution in [1.82, 2.24) is 0 Å². The first-order valence-corrected chi connectivity index (χ1v) is 10.4. The van der Waals surface area contributed by atoms with Gasteiger partial charge in [-0.05, 0) is 47.5 Å². The SMILES string of the molecule is COc1ccc(/C=C/C(=O)Nc2c(O)cccc2/C=C/c2cc(OC)c(OC)c(OC)c2)cc1. The smallest absolute Gasteiger partial charge is 0.248 e. The van der Waals surface area contributed by atoms with Gasteiger partial charge in [-0.15, -0.1) is 0 Å². The second-order valence-corrected chi connectivity index (χ2v) is 7.13. The minimum Gasteiger partial charge on any atom is -0.506 e. The van der Waals surface area contributed by atoms with E-state index in [1.807, 2.05) is 30.3 Å². The number of phenolic OH excluding ortho intramolecular Hbond substituents is 1. The number of amides is 1. The van der Waals surface area contributed by atoms with Gasteiger partial charge in [0.2, 0.25) is 11.7 Å². The van der Waals surface area contributed by atoms with Crippen LogP contribution >= 0.6 is 0 Å². The summed E-state index contributed by atoms with van der Waals surface area (Å²) in [4.78, 5) is 12.5. The number of rotatable bonds is 9. The predicted molar refractivity (Wildman–Crippen MR) is 134 cm³/mol. The average Bonchev–Trinajstić information content (AvgIpc) is 2.87. The first kappa shape index (κ1) is 24.3. The van der Waals surface area contributed by atoms with Crippen LogP contribution in [0.3, 0.4) is 0 Å². The number of ether oxygens (including phenoxy) is 4. The van der Waals surface area contributed by atoms with Crippen LogP contribution in [-0.4, -0.2) is 39.5 Å². The summed E-state index contributed by atoms with van der Waals surface area (Å²) in [5, 5.41) is 13.1. The minimum atomic E-state index is -0.375. The highest BCUT2D eigenvalue weighted by Gasteiger charge is 2.13. The van der Waals surface area contributed by atoms with Gasteiger partial charge >= 0.3 is 0 Å². The molecule has 7 nitrogen and oxygen atoms in total. The third-order valence-electron chi connectivity index (χ3n) is 5.01. The van der Waals surface area contributed by atoms with E-state index in [1.54, 1.807) is 64.9 Å². The molecule has 0 spiro atoms. The lowest BCUT2D eigenvalue weighted by atomic mass is 10.1. The number of methoxy groups -OCH3 is 4. The lowest BCUT2D eigenvalue weighted by Gasteiger charge is -2.13. The van der Waals surface area contributed by atoms with Crippen LogP contribution in [0.1, 0.15) is 16.7 Å². The molecule has 3 aromatic rings. The molecule has 0 heterocycles. The summed E-state index contributed by atoms with van der Waals surface area (Å²) in [7, 11) is 6.24. The molecule has 0 aliphatic carbocycles. The molecule has 7 heteroatoms. The van der Waals surface area contributed by atoms with Crippen LogP contribution in [0.25, 0.3) is 18.2 Å². The fourth-order valence-electron chi connectivity index (χ4n) is 3.27. The number of hydrogen-bond acceptors (Lipinski definition) is 6. The Morgan fingerprint density at radius 2 is 1.47 bits per heavy atom. The first-order valence-electron chi connectivity index (χ1n) is 10.4.